The molecule has 0 fully saturated rings. The number of carbonyl (C=O) groups is 1. The molecule has 25 heavy (non-hydrogen) atoms. The number of rotatable bonds is 5. The number of methoxy groups -OCH3 is 1. The molecule has 132 valence electrons. The van der Waals surface area contributed by atoms with Crippen LogP contribution in [-0.4, -0.2) is 35.2 Å². The van der Waals surface area contributed by atoms with Gasteiger partial charge in [0.15, 0.2) is 5.82 Å². The van der Waals surface area contributed by atoms with Crippen molar-refractivity contribution in [1.29, 1.82) is 0 Å². The molecule has 1 N–H and O–H groups in total. The summed E-state index contributed by atoms with van der Waals surface area (Å²) < 4.78 is 20.5. The van der Waals surface area contributed by atoms with Gasteiger partial charge in [-0.1, -0.05) is 6.07 Å². The minimum Gasteiger partial charge on any atom is -0.383 e. The average Bonchev–Trinajstić information content (AvgIpc) is 2.61. The van der Waals surface area contributed by atoms with Gasteiger partial charge >= 0.3 is 0 Å². The molecule has 3 rings (SSSR count). The maximum Gasteiger partial charge on any atom is 0.254 e. The number of hydrogen-bond donors (Lipinski definition) is 1. The van der Waals surface area contributed by atoms with Crippen LogP contribution in [0.1, 0.15) is 28.0 Å². The molecule has 1 atom stereocenters. The van der Waals surface area contributed by atoms with Gasteiger partial charge in [-0.3, -0.25) is 14.6 Å². The van der Waals surface area contributed by atoms with Gasteiger partial charge in [-0.15, -0.1) is 0 Å². The molecule has 1 aliphatic rings. The lowest BCUT2D eigenvalue weighted by Crippen LogP contribution is -2.41. The molecular weight excluding hydrogens is 325 g/mol. The van der Waals surface area contributed by atoms with Crippen molar-refractivity contribution in [2.45, 2.75) is 31.8 Å². The summed E-state index contributed by atoms with van der Waals surface area (Å²) in [5.74, 6) is -1.08. The Bertz CT molecular complexity index is 835. The molecule has 2 heterocycles. The van der Waals surface area contributed by atoms with Gasteiger partial charge in [0.1, 0.15) is 0 Å². The van der Waals surface area contributed by atoms with Crippen LogP contribution in [0.4, 0.5) is 4.39 Å². The summed E-state index contributed by atoms with van der Waals surface area (Å²) >= 11 is 0. The molecule has 6 nitrogen and oxygen atoms in total. The van der Waals surface area contributed by atoms with E-state index in [1.165, 1.54) is 12.3 Å². The molecule has 0 saturated heterocycles. The molecule has 1 aliphatic carbocycles. The van der Waals surface area contributed by atoms with Crippen LogP contribution in [0.2, 0.25) is 0 Å². The van der Waals surface area contributed by atoms with Crippen LogP contribution in [0.5, 0.6) is 0 Å². The summed E-state index contributed by atoms with van der Waals surface area (Å²) in [5.41, 5.74) is 1.97. The van der Waals surface area contributed by atoms with E-state index >= 15 is 0 Å². The number of halogens is 1. The van der Waals surface area contributed by atoms with Crippen LogP contribution in [0.3, 0.4) is 0 Å². The summed E-state index contributed by atoms with van der Waals surface area (Å²) in [4.78, 5) is 28.0. The minimum absolute atomic E-state index is 0.00846. The summed E-state index contributed by atoms with van der Waals surface area (Å²) in [6.07, 6.45) is 4.41. The minimum atomic E-state index is -0.635. The van der Waals surface area contributed by atoms with E-state index in [-0.39, 0.29) is 17.2 Å². The highest BCUT2D eigenvalue weighted by Crippen LogP contribution is 2.21. The van der Waals surface area contributed by atoms with Crippen LogP contribution < -0.4 is 10.9 Å². The maximum atomic E-state index is 13.7. The summed E-state index contributed by atoms with van der Waals surface area (Å²) in [6, 6.07) is 4.62. The van der Waals surface area contributed by atoms with Crippen LogP contribution in [0.25, 0.3) is 0 Å². The maximum absolute atomic E-state index is 13.7. The summed E-state index contributed by atoms with van der Waals surface area (Å²) in [5, 5.41) is 2.88. The Labute approximate surface area is 144 Å². The van der Waals surface area contributed by atoms with E-state index in [1.54, 1.807) is 17.7 Å². The first-order valence-electron chi connectivity index (χ1n) is 8.21. The van der Waals surface area contributed by atoms with Gasteiger partial charge in [0.2, 0.25) is 0 Å². The summed E-state index contributed by atoms with van der Waals surface area (Å²) in [7, 11) is 1.60. The lowest BCUT2D eigenvalue weighted by Gasteiger charge is -2.27. The molecule has 1 amide bonds. The highest BCUT2D eigenvalue weighted by molar-refractivity contribution is 5.94. The molecule has 0 radical (unpaired) electrons. The first-order chi connectivity index (χ1) is 12.1. The zero-order valence-corrected chi connectivity index (χ0v) is 14.0. The number of nitrogens with zero attached hydrogens (tertiary/aromatic N) is 2. The number of ether oxygens (including phenoxy) is 1. The number of pyridine rings is 2. The van der Waals surface area contributed by atoms with Gasteiger partial charge in [0, 0.05) is 37.7 Å². The predicted octanol–water partition coefficient (Wildman–Crippen LogP) is 1.32. The van der Waals surface area contributed by atoms with Gasteiger partial charge in [-0.2, -0.15) is 0 Å². The van der Waals surface area contributed by atoms with Gasteiger partial charge < -0.3 is 14.6 Å². The van der Waals surface area contributed by atoms with E-state index in [1.807, 2.05) is 6.07 Å². The van der Waals surface area contributed by atoms with Gasteiger partial charge in [-0.05, 0) is 30.9 Å². The standard InChI is InChI=1S/C18H20FN3O3/c1-25-9-8-22-16-4-3-13(10-12(16)2-5-17(22)23)21-18(24)14-6-7-20-11-15(14)19/h2,5-7,11,13H,3-4,8-10H2,1H3,(H,21,24). The monoisotopic (exact) mass is 345 g/mol. The van der Waals surface area contributed by atoms with Crippen molar-refractivity contribution in [3.8, 4) is 0 Å². The smallest absolute Gasteiger partial charge is 0.254 e. The summed E-state index contributed by atoms with van der Waals surface area (Å²) in [6.45, 7) is 0.982. The average molecular weight is 345 g/mol. The van der Waals surface area contributed by atoms with Crippen molar-refractivity contribution in [2.24, 2.45) is 0 Å². The SMILES string of the molecule is COCCn1c2c(ccc1=O)CC(NC(=O)c1ccncc1F)CC2. The Morgan fingerprint density at radius 2 is 2.28 bits per heavy atom. The number of hydrogen-bond acceptors (Lipinski definition) is 4. The Morgan fingerprint density at radius 3 is 3.04 bits per heavy atom. The largest absolute Gasteiger partial charge is 0.383 e. The second kappa shape index (κ2) is 7.57. The second-order valence-corrected chi connectivity index (χ2v) is 6.06. The fourth-order valence-electron chi connectivity index (χ4n) is 3.20. The number of carbonyl (C=O) groups excluding carboxylic acids is 1. The third-order valence-electron chi connectivity index (χ3n) is 4.46. The van der Waals surface area contributed by atoms with Crippen molar-refractivity contribution >= 4 is 5.91 Å². The molecule has 0 bridgehead atoms. The number of amides is 1. The predicted molar refractivity (Wildman–Crippen MR) is 90.1 cm³/mol. The van der Waals surface area contributed by atoms with Crippen molar-refractivity contribution in [3.05, 3.63) is 63.6 Å². The van der Waals surface area contributed by atoms with E-state index in [0.717, 1.165) is 17.5 Å². The molecule has 2 aromatic heterocycles. The highest BCUT2D eigenvalue weighted by atomic mass is 19.1. The first-order valence-corrected chi connectivity index (χ1v) is 8.21. The van der Waals surface area contributed by atoms with Crippen LogP contribution >= 0.6 is 0 Å². The topological polar surface area (TPSA) is 73.2 Å². The number of fused-ring (bicyclic) bond motifs is 1. The third kappa shape index (κ3) is 3.76. The molecule has 2 aromatic rings. The normalized spacial score (nSPS) is 16.3. The number of nitrogens with one attached hydrogen (secondary N) is 1. The van der Waals surface area contributed by atoms with E-state index in [4.69, 9.17) is 4.74 Å². The fraction of sp³-hybridized carbons (Fsp3) is 0.389. The second-order valence-electron chi connectivity index (χ2n) is 6.06. The Balaban J connectivity index is 1.74. The molecular formula is C18H20FN3O3. The first kappa shape index (κ1) is 17.3. The molecule has 0 aliphatic heterocycles. The molecule has 0 aromatic carbocycles. The van der Waals surface area contributed by atoms with E-state index in [0.29, 0.717) is 32.4 Å². The molecule has 7 heteroatoms. The van der Waals surface area contributed by atoms with Crippen molar-refractivity contribution in [3.63, 3.8) is 0 Å². The van der Waals surface area contributed by atoms with Crippen molar-refractivity contribution < 1.29 is 13.9 Å². The Morgan fingerprint density at radius 1 is 1.44 bits per heavy atom. The van der Waals surface area contributed by atoms with Crippen molar-refractivity contribution in [2.75, 3.05) is 13.7 Å². The van der Waals surface area contributed by atoms with Crippen LogP contribution in [0.15, 0.2) is 35.4 Å². The lowest BCUT2D eigenvalue weighted by molar-refractivity contribution is 0.0929. The van der Waals surface area contributed by atoms with Gasteiger partial charge in [0.25, 0.3) is 11.5 Å². The lowest BCUT2D eigenvalue weighted by atomic mass is 9.91. The third-order valence-corrected chi connectivity index (χ3v) is 4.46. The zero-order chi connectivity index (χ0) is 17.8. The van der Waals surface area contributed by atoms with E-state index in [2.05, 4.69) is 10.3 Å². The fourth-order valence-corrected chi connectivity index (χ4v) is 3.20. The molecule has 0 saturated carbocycles. The Kier molecular flexibility index (Phi) is 5.23. The van der Waals surface area contributed by atoms with Gasteiger partial charge in [-0.25, -0.2) is 4.39 Å². The quantitative estimate of drug-likeness (QED) is 0.887. The van der Waals surface area contributed by atoms with Crippen molar-refractivity contribution in [1.82, 2.24) is 14.9 Å². The highest BCUT2D eigenvalue weighted by Gasteiger charge is 2.24. The van der Waals surface area contributed by atoms with Gasteiger partial charge in [0.05, 0.1) is 18.4 Å². The number of aromatic nitrogens is 2. The Hall–Kier alpha value is -2.54. The molecule has 0 spiro atoms. The molecule has 1 unspecified atom stereocenters. The van der Waals surface area contributed by atoms with E-state index in [9.17, 15) is 14.0 Å². The van der Waals surface area contributed by atoms with Crippen LogP contribution in [-0.2, 0) is 24.1 Å². The zero-order valence-electron chi connectivity index (χ0n) is 14.0. The van der Waals surface area contributed by atoms with Crippen LogP contribution in [0, 0.1) is 5.82 Å². The van der Waals surface area contributed by atoms with E-state index < -0.39 is 11.7 Å².